The van der Waals surface area contributed by atoms with Gasteiger partial charge in [0, 0.05) is 29.7 Å². The number of esters is 1. The Morgan fingerprint density at radius 2 is 2.09 bits per heavy atom. The molecule has 1 unspecified atom stereocenters. The van der Waals surface area contributed by atoms with E-state index in [9.17, 15) is 14.4 Å². The molecule has 2 aromatic carbocycles. The number of amides is 1. The van der Waals surface area contributed by atoms with Crippen LogP contribution in [0.1, 0.15) is 25.6 Å². The molecule has 1 atom stereocenters. The summed E-state index contributed by atoms with van der Waals surface area (Å²) in [6.45, 7) is 6.40. The number of hydrogen-bond donors (Lipinski definition) is 1. The van der Waals surface area contributed by atoms with Crippen LogP contribution in [0, 0.1) is 0 Å². The number of aromatic amines is 1. The molecule has 2 heterocycles. The third-order valence-electron chi connectivity index (χ3n) is 5.00. The number of hydrogen-bond acceptors (Lipinski definition) is 6. The average Bonchev–Trinajstić information content (AvgIpc) is 2.77. The number of nitrogens with one attached hydrogen (secondary N) is 1. The van der Waals surface area contributed by atoms with Crippen molar-refractivity contribution in [3.63, 3.8) is 0 Å². The number of rotatable bonds is 5. The van der Waals surface area contributed by atoms with E-state index in [1.807, 2.05) is 0 Å². The molecule has 0 radical (unpaired) electrons. The summed E-state index contributed by atoms with van der Waals surface area (Å²) in [7, 11) is 0. The van der Waals surface area contributed by atoms with Crippen LogP contribution < -0.4 is 19.9 Å². The van der Waals surface area contributed by atoms with Gasteiger partial charge in [-0.3, -0.25) is 19.4 Å². The number of nitrogens with zero attached hydrogens (tertiary/aromatic N) is 3. The Morgan fingerprint density at radius 3 is 2.76 bits per heavy atom. The van der Waals surface area contributed by atoms with Crippen LogP contribution >= 0.6 is 39.3 Å². The van der Waals surface area contributed by atoms with Crippen LogP contribution in [0.4, 0.5) is 5.69 Å². The van der Waals surface area contributed by atoms with E-state index in [2.05, 4.69) is 32.6 Å². The number of ether oxygens (including phenoxy) is 1. The number of anilines is 1. The molecule has 0 fully saturated rings. The van der Waals surface area contributed by atoms with Gasteiger partial charge in [0.15, 0.2) is 5.75 Å². The number of carbonyl (C=O) groups excluding carboxylic acids is 2. The Bertz CT molecular complexity index is 1390. The van der Waals surface area contributed by atoms with Crippen LogP contribution in [0.15, 0.2) is 63.5 Å². The summed E-state index contributed by atoms with van der Waals surface area (Å²) in [5.74, 6) is -0.168. The van der Waals surface area contributed by atoms with Crippen molar-refractivity contribution in [2.45, 2.75) is 25.2 Å². The number of para-hydroxylation sites is 1. The monoisotopic (exact) mass is 561 g/mol. The molecule has 1 aliphatic rings. The maximum Gasteiger partial charge on any atom is 0.325 e. The number of halogens is 2. The molecule has 0 saturated carbocycles. The van der Waals surface area contributed by atoms with Crippen LogP contribution in [-0.2, 0) is 9.59 Å². The minimum atomic E-state index is -0.961. The van der Waals surface area contributed by atoms with E-state index in [0.717, 1.165) is 0 Å². The fraction of sp³-hybridized carbons (Fsp3) is 0.174. The number of carbonyl (C=O) groups is 2. The highest BCUT2D eigenvalue weighted by molar-refractivity contribution is 9.10. The Balaban J connectivity index is 2.10. The molecule has 1 N–H and O–H groups in total. The molecule has 174 valence electrons. The molecule has 1 amide bonds. The lowest BCUT2D eigenvalue weighted by atomic mass is 10.0. The Kier molecular flexibility index (Phi) is 6.92. The van der Waals surface area contributed by atoms with Gasteiger partial charge < -0.3 is 4.74 Å². The highest BCUT2D eigenvalue weighted by Gasteiger charge is 2.46. The number of thioether (sulfide) groups is 1. The largest absolute Gasteiger partial charge is 0.425 e. The van der Waals surface area contributed by atoms with Gasteiger partial charge >= 0.3 is 17.2 Å². The van der Waals surface area contributed by atoms with Crippen LogP contribution in [0.3, 0.4) is 0 Å². The molecule has 1 aliphatic heterocycles. The lowest BCUT2D eigenvalue weighted by Gasteiger charge is -2.32. The van der Waals surface area contributed by atoms with Gasteiger partial charge in [0.05, 0.1) is 21.3 Å². The standard InChI is InChI=1S/C23H18BrClN4O4S/c1-4-9-34-23-26-21(32)19-15-7-5-6-8-18(15)28(12(2)30)22(29(19)27-23)16-10-14(25)11-17(24)20(16)33-13(3)31/h4-8,10-11,22H,1,9H2,2-3H3/p+1. The molecule has 1 aromatic heterocycles. The van der Waals surface area contributed by atoms with Gasteiger partial charge in [0.25, 0.3) is 6.17 Å². The zero-order chi connectivity index (χ0) is 24.6. The fourth-order valence-electron chi connectivity index (χ4n) is 3.82. The summed E-state index contributed by atoms with van der Waals surface area (Å²) in [5, 5.41) is 5.35. The van der Waals surface area contributed by atoms with E-state index in [-0.39, 0.29) is 22.9 Å². The maximum atomic E-state index is 13.3. The second-order valence-electron chi connectivity index (χ2n) is 7.33. The van der Waals surface area contributed by atoms with Crippen molar-refractivity contribution in [3.05, 3.63) is 74.5 Å². The zero-order valence-electron chi connectivity index (χ0n) is 18.2. The van der Waals surface area contributed by atoms with Crippen molar-refractivity contribution in [1.29, 1.82) is 0 Å². The van der Waals surface area contributed by atoms with Crippen LogP contribution in [0.25, 0.3) is 11.3 Å². The zero-order valence-corrected chi connectivity index (χ0v) is 21.3. The predicted molar refractivity (Wildman–Crippen MR) is 133 cm³/mol. The number of H-pyrrole nitrogens is 1. The lowest BCUT2D eigenvalue weighted by molar-refractivity contribution is -0.763. The van der Waals surface area contributed by atoms with Gasteiger partial charge in [-0.2, -0.15) is 0 Å². The molecule has 4 rings (SSSR count). The van der Waals surface area contributed by atoms with E-state index < -0.39 is 12.1 Å². The summed E-state index contributed by atoms with van der Waals surface area (Å²) in [6.07, 6.45) is 0.730. The summed E-state index contributed by atoms with van der Waals surface area (Å²) >= 11 is 11.1. The topological polar surface area (TPSA) is 96.2 Å². The van der Waals surface area contributed by atoms with Crippen LogP contribution in [0.2, 0.25) is 5.02 Å². The lowest BCUT2D eigenvalue weighted by Crippen LogP contribution is -2.60. The van der Waals surface area contributed by atoms with Crippen molar-refractivity contribution >= 4 is 56.9 Å². The van der Waals surface area contributed by atoms with Gasteiger partial charge in [0.1, 0.15) is 0 Å². The smallest absolute Gasteiger partial charge is 0.325 e. The van der Waals surface area contributed by atoms with Crippen molar-refractivity contribution in [1.82, 2.24) is 10.1 Å². The number of fused-ring (bicyclic) bond motifs is 3. The summed E-state index contributed by atoms with van der Waals surface area (Å²) in [6, 6.07) is 10.2. The maximum absolute atomic E-state index is 13.3. The molecule has 0 bridgehead atoms. The number of benzene rings is 2. The fourth-order valence-corrected chi connectivity index (χ4v) is 5.32. The second kappa shape index (κ2) is 9.73. The quantitative estimate of drug-likeness (QED) is 0.164. The van der Waals surface area contributed by atoms with Gasteiger partial charge in [-0.15, -0.1) is 6.58 Å². The van der Waals surface area contributed by atoms with Crippen LogP contribution in [-0.4, -0.2) is 27.7 Å². The normalized spacial score (nSPS) is 14.2. The third kappa shape index (κ3) is 4.40. The predicted octanol–water partition coefficient (Wildman–Crippen LogP) is 4.26. The summed E-state index contributed by atoms with van der Waals surface area (Å²) < 4.78 is 7.40. The molecule has 11 heteroatoms. The Labute approximate surface area is 212 Å². The van der Waals surface area contributed by atoms with Crippen molar-refractivity contribution in [2.75, 3.05) is 10.7 Å². The van der Waals surface area contributed by atoms with Gasteiger partial charge in [-0.25, -0.2) is 4.90 Å². The minimum absolute atomic E-state index is 0.174. The van der Waals surface area contributed by atoms with E-state index in [1.165, 1.54) is 35.2 Å². The van der Waals surface area contributed by atoms with Crippen LogP contribution in [0.5, 0.6) is 5.75 Å². The Hall–Kier alpha value is -2.95. The number of aromatic nitrogens is 3. The molecule has 0 aliphatic carbocycles. The van der Waals surface area contributed by atoms with Crippen molar-refractivity contribution in [3.8, 4) is 17.0 Å². The summed E-state index contributed by atoms with van der Waals surface area (Å²) in [4.78, 5) is 42.5. The van der Waals surface area contributed by atoms with Gasteiger partial charge in [-0.1, -0.05) is 41.6 Å². The van der Waals surface area contributed by atoms with Gasteiger partial charge in [-0.05, 0) is 44.9 Å². The first-order valence-corrected chi connectivity index (χ1v) is 12.2. The first-order valence-electron chi connectivity index (χ1n) is 10.1. The van der Waals surface area contributed by atoms with Crippen molar-refractivity contribution in [2.24, 2.45) is 0 Å². The van der Waals surface area contributed by atoms with E-state index in [0.29, 0.717) is 37.2 Å². The highest BCUT2D eigenvalue weighted by atomic mass is 79.9. The first kappa shape index (κ1) is 24.2. The molecule has 0 spiro atoms. The average molecular weight is 563 g/mol. The third-order valence-corrected chi connectivity index (χ3v) is 6.66. The SMILES string of the molecule is C=CCSc1n[n+]2c(c(=O)[nH]1)-c1ccccc1N(C(C)=O)C2c1cc(Cl)cc(Br)c1OC(C)=O. The van der Waals surface area contributed by atoms with Gasteiger partial charge in [0.2, 0.25) is 11.1 Å². The first-order chi connectivity index (χ1) is 16.2. The second-order valence-corrected chi connectivity index (χ2v) is 9.63. The van der Waals surface area contributed by atoms with E-state index in [1.54, 1.807) is 42.5 Å². The molecule has 8 nitrogen and oxygen atoms in total. The molecular weight excluding hydrogens is 544 g/mol. The minimum Gasteiger partial charge on any atom is -0.425 e. The summed E-state index contributed by atoms with van der Waals surface area (Å²) in [5.41, 5.74) is 1.31. The molecule has 0 saturated heterocycles. The van der Waals surface area contributed by atoms with E-state index in [4.69, 9.17) is 16.3 Å². The van der Waals surface area contributed by atoms with E-state index >= 15 is 0 Å². The Morgan fingerprint density at radius 1 is 1.35 bits per heavy atom. The molecule has 34 heavy (non-hydrogen) atoms. The molecule has 3 aromatic rings. The van der Waals surface area contributed by atoms with Crippen molar-refractivity contribution < 1.29 is 19.0 Å². The highest BCUT2D eigenvalue weighted by Crippen LogP contribution is 2.43. The molecular formula is C23H19BrClN4O4S+.